The van der Waals surface area contributed by atoms with E-state index in [4.69, 9.17) is 0 Å². The molecule has 2 nitrogen and oxygen atoms in total. The number of hydrogen-bond donors (Lipinski definition) is 1. The summed E-state index contributed by atoms with van der Waals surface area (Å²) in [6.07, 6.45) is 0. The van der Waals surface area contributed by atoms with Crippen molar-refractivity contribution in [3.63, 3.8) is 0 Å². The second-order valence-electron chi connectivity index (χ2n) is 4.44. The molecule has 19 heavy (non-hydrogen) atoms. The van der Waals surface area contributed by atoms with Gasteiger partial charge in [0.05, 0.1) is 6.07 Å². The Morgan fingerprint density at radius 1 is 1.21 bits per heavy atom. The van der Waals surface area contributed by atoms with Gasteiger partial charge in [-0.3, -0.25) is 5.32 Å². The standard InChI is InChI=1S/C16H15FN2/c1-12-7-8-14(9-15(12)17)16(10-18)19-11-13-5-3-2-4-6-13/h2-9,16,19H,11H2,1H3. The lowest BCUT2D eigenvalue weighted by Gasteiger charge is -2.12. The summed E-state index contributed by atoms with van der Waals surface area (Å²) in [6, 6.07) is 16.4. The third-order valence-corrected chi connectivity index (χ3v) is 3.01. The fraction of sp³-hybridized carbons (Fsp3) is 0.188. The summed E-state index contributed by atoms with van der Waals surface area (Å²) >= 11 is 0. The monoisotopic (exact) mass is 254 g/mol. The molecule has 1 unspecified atom stereocenters. The molecule has 0 fully saturated rings. The van der Waals surface area contributed by atoms with Gasteiger partial charge in [0.2, 0.25) is 0 Å². The van der Waals surface area contributed by atoms with E-state index in [9.17, 15) is 9.65 Å². The van der Waals surface area contributed by atoms with Crippen molar-refractivity contribution in [2.24, 2.45) is 0 Å². The lowest BCUT2D eigenvalue weighted by atomic mass is 10.1. The highest BCUT2D eigenvalue weighted by Gasteiger charge is 2.11. The second-order valence-corrected chi connectivity index (χ2v) is 4.44. The van der Waals surface area contributed by atoms with Gasteiger partial charge in [0.1, 0.15) is 11.9 Å². The smallest absolute Gasteiger partial charge is 0.126 e. The van der Waals surface area contributed by atoms with Crippen LogP contribution in [0.3, 0.4) is 0 Å². The van der Waals surface area contributed by atoms with E-state index >= 15 is 0 Å². The largest absolute Gasteiger partial charge is 0.294 e. The van der Waals surface area contributed by atoms with Crippen LogP contribution in [0.5, 0.6) is 0 Å². The Morgan fingerprint density at radius 3 is 2.58 bits per heavy atom. The van der Waals surface area contributed by atoms with Crippen LogP contribution in [-0.2, 0) is 6.54 Å². The second kappa shape index (κ2) is 6.12. The zero-order valence-corrected chi connectivity index (χ0v) is 10.7. The van der Waals surface area contributed by atoms with Gasteiger partial charge >= 0.3 is 0 Å². The van der Waals surface area contributed by atoms with E-state index in [1.165, 1.54) is 6.07 Å². The molecule has 0 bridgehead atoms. The molecule has 2 rings (SSSR count). The summed E-state index contributed by atoms with van der Waals surface area (Å²) in [6.45, 7) is 2.28. The molecule has 2 aromatic rings. The van der Waals surface area contributed by atoms with Crippen LogP contribution in [0.15, 0.2) is 48.5 Å². The van der Waals surface area contributed by atoms with E-state index in [2.05, 4.69) is 11.4 Å². The number of rotatable bonds is 4. The van der Waals surface area contributed by atoms with Crippen molar-refractivity contribution >= 4 is 0 Å². The van der Waals surface area contributed by atoms with Crippen LogP contribution >= 0.6 is 0 Å². The number of nitrogens with one attached hydrogen (secondary N) is 1. The number of nitriles is 1. The van der Waals surface area contributed by atoms with Crippen molar-refractivity contribution < 1.29 is 4.39 Å². The van der Waals surface area contributed by atoms with Crippen LogP contribution in [0.4, 0.5) is 4.39 Å². The molecule has 0 amide bonds. The van der Waals surface area contributed by atoms with Crippen LogP contribution in [0, 0.1) is 24.1 Å². The van der Waals surface area contributed by atoms with Gasteiger partial charge in [-0.2, -0.15) is 5.26 Å². The zero-order valence-electron chi connectivity index (χ0n) is 10.7. The van der Waals surface area contributed by atoms with Crippen LogP contribution in [0.1, 0.15) is 22.7 Å². The predicted octanol–water partition coefficient (Wildman–Crippen LogP) is 3.49. The first-order valence-electron chi connectivity index (χ1n) is 6.13. The molecule has 1 N–H and O–H groups in total. The highest BCUT2D eigenvalue weighted by Crippen LogP contribution is 2.16. The Morgan fingerprint density at radius 2 is 1.95 bits per heavy atom. The zero-order chi connectivity index (χ0) is 13.7. The van der Waals surface area contributed by atoms with Crippen LogP contribution in [0.25, 0.3) is 0 Å². The summed E-state index contributed by atoms with van der Waals surface area (Å²) in [5.41, 5.74) is 2.33. The normalized spacial score (nSPS) is 11.8. The molecule has 0 aliphatic rings. The number of nitrogens with zero attached hydrogens (tertiary/aromatic N) is 1. The molecule has 0 aliphatic heterocycles. The first-order chi connectivity index (χ1) is 9.20. The maximum absolute atomic E-state index is 13.5. The lowest BCUT2D eigenvalue weighted by molar-refractivity contribution is 0.598. The molecule has 0 aromatic heterocycles. The highest BCUT2D eigenvalue weighted by atomic mass is 19.1. The Bertz CT molecular complexity index is 587. The number of halogens is 1. The van der Waals surface area contributed by atoms with E-state index in [1.54, 1.807) is 19.1 Å². The van der Waals surface area contributed by atoms with Crippen molar-refractivity contribution in [3.05, 3.63) is 71.0 Å². The van der Waals surface area contributed by atoms with Crippen LogP contribution < -0.4 is 5.32 Å². The number of aryl methyl sites for hydroxylation is 1. The van der Waals surface area contributed by atoms with Gasteiger partial charge < -0.3 is 0 Å². The molecule has 0 radical (unpaired) electrons. The average molecular weight is 254 g/mol. The van der Waals surface area contributed by atoms with Crippen molar-refractivity contribution in [1.82, 2.24) is 5.32 Å². The van der Waals surface area contributed by atoms with E-state index < -0.39 is 6.04 Å². The third kappa shape index (κ3) is 3.40. The Hall–Kier alpha value is -2.18. The van der Waals surface area contributed by atoms with Gasteiger partial charge in [-0.05, 0) is 29.7 Å². The van der Waals surface area contributed by atoms with E-state index in [-0.39, 0.29) is 5.82 Å². The minimum absolute atomic E-state index is 0.278. The summed E-state index contributed by atoms with van der Waals surface area (Å²) in [7, 11) is 0. The number of hydrogen-bond acceptors (Lipinski definition) is 2. The first-order valence-corrected chi connectivity index (χ1v) is 6.13. The number of benzene rings is 2. The molecule has 3 heteroatoms. The van der Waals surface area contributed by atoms with Crippen molar-refractivity contribution in [3.8, 4) is 6.07 Å². The van der Waals surface area contributed by atoms with Gasteiger partial charge in [-0.15, -0.1) is 0 Å². The summed E-state index contributed by atoms with van der Waals surface area (Å²) in [5, 5.41) is 12.3. The van der Waals surface area contributed by atoms with Crippen molar-refractivity contribution in [2.75, 3.05) is 0 Å². The molecule has 2 aromatic carbocycles. The predicted molar refractivity (Wildman–Crippen MR) is 72.8 cm³/mol. The molecule has 1 atom stereocenters. The van der Waals surface area contributed by atoms with Gasteiger partial charge in [-0.1, -0.05) is 42.5 Å². The quantitative estimate of drug-likeness (QED) is 0.906. The molecule has 0 saturated heterocycles. The molecular formula is C16H15FN2. The SMILES string of the molecule is Cc1ccc(C(C#N)NCc2ccccc2)cc1F. The van der Waals surface area contributed by atoms with Crippen LogP contribution in [0.2, 0.25) is 0 Å². The minimum Gasteiger partial charge on any atom is -0.294 e. The summed E-state index contributed by atoms with van der Waals surface area (Å²) in [4.78, 5) is 0. The van der Waals surface area contributed by atoms with E-state index in [0.29, 0.717) is 17.7 Å². The molecule has 0 heterocycles. The topological polar surface area (TPSA) is 35.8 Å². The maximum atomic E-state index is 13.5. The highest BCUT2D eigenvalue weighted by molar-refractivity contribution is 5.29. The molecule has 0 spiro atoms. The van der Waals surface area contributed by atoms with Gasteiger partial charge in [0.25, 0.3) is 0 Å². The maximum Gasteiger partial charge on any atom is 0.126 e. The molecule has 0 aliphatic carbocycles. The Kier molecular flexibility index (Phi) is 4.27. The minimum atomic E-state index is -0.504. The lowest BCUT2D eigenvalue weighted by Crippen LogP contribution is -2.19. The Balaban J connectivity index is 2.08. The van der Waals surface area contributed by atoms with Gasteiger partial charge in [-0.25, -0.2) is 4.39 Å². The summed E-state index contributed by atoms with van der Waals surface area (Å²) < 4.78 is 13.5. The molecule has 96 valence electrons. The summed E-state index contributed by atoms with van der Waals surface area (Å²) in [5.74, 6) is -0.278. The van der Waals surface area contributed by atoms with E-state index in [1.807, 2.05) is 30.3 Å². The van der Waals surface area contributed by atoms with Gasteiger partial charge in [0.15, 0.2) is 0 Å². The fourth-order valence-corrected chi connectivity index (χ4v) is 1.84. The van der Waals surface area contributed by atoms with Gasteiger partial charge in [0, 0.05) is 6.54 Å². The van der Waals surface area contributed by atoms with Crippen molar-refractivity contribution in [1.29, 1.82) is 5.26 Å². The first kappa shape index (κ1) is 13.3. The Labute approximate surface area is 112 Å². The molecule has 0 saturated carbocycles. The molecular weight excluding hydrogens is 239 g/mol. The third-order valence-electron chi connectivity index (χ3n) is 3.01. The van der Waals surface area contributed by atoms with Crippen molar-refractivity contribution in [2.45, 2.75) is 19.5 Å². The van der Waals surface area contributed by atoms with E-state index in [0.717, 1.165) is 5.56 Å². The van der Waals surface area contributed by atoms with Crippen LogP contribution in [-0.4, -0.2) is 0 Å². The average Bonchev–Trinajstić information content (AvgIpc) is 2.44. The fourth-order valence-electron chi connectivity index (χ4n) is 1.84.